The minimum atomic E-state index is 0.603. The highest BCUT2D eigenvalue weighted by atomic mass is 127. The Morgan fingerprint density at radius 3 is 3.00 bits per heavy atom. The molecule has 1 aliphatic carbocycles. The molecule has 0 saturated heterocycles. The van der Waals surface area contributed by atoms with Crippen molar-refractivity contribution >= 4 is 28.2 Å². The van der Waals surface area contributed by atoms with E-state index in [-0.39, 0.29) is 0 Å². The molecule has 0 N–H and O–H groups in total. The van der Waals surface area contributed by atoms with E-state index >= 15 is 0 Å². The van der Waals surface area contributed by atoms with Crippen LogP contribution in [-0.4, -0.2) is 24.4 Å². The van der Waals surface area contributed by atoms with Crippen molar-refractivity contribution in [3.63, 3.8) is 0 Å². The summed E-state index contributed by atoms with van der Waals surface area (Å²) >= 11 is 2.30. The molecule has 0 amide bonds. The quantitative estimate of drug-likeness (QED) is 0.667. The van der Waals surface area contributed by atoms with Crippen LogP contribution < -0.4 is 0 Å². The third-order valence-corrected chi connectivity index (χ3v) is 4.13. The van der Waals surface area contributed by atoms with Gasteiger partial charge in [0.05, 0.1) is 15.8 Å². The second-order valence-corrected chi connectivity index (χ2v) is 5.57. The van der Waals surface area contributed by atoms with E-state index in [4.69, 9.17) is 0 Å². The maximum atomic E-state index is 4.57. The Hall–Kier alpha value is -1.44. The number of fused-ring (bicyclic) bond motifs is 1. The standard InChI is InChI=1S/C12H10IN5/c13-10-11(16-17-5-1-4-14-12(10)17)8-6-15-18(7-8)9-2-3-9/h1,4-7,9H,2-3H2. The van der Waals surface area contributed by atoms with Crippen LogP contribution in [0.2, 0.25) is 0 Å². The predicted molar refractivity (Wildman–Crippen MR) is 75.2 cm³/mol. The monoisotopic (exact) mass is 351 g/mol. The summed E-state index contributed by atoms with van der Waals surface area (Å²) in [5.41, 5.74) is 2.92. The fourth-order valence-corrected chi connectivity index (χ4v) is 2.85. The zero-order valence-corrected chi connectivity index (χ0v) is 11.6. The highest BCUT2D eigenvalue weighted by Crippen LogP contribution is 2.35. The molecule has 0 aromatic carbocycles. The molecular formula is C12H10IN5. The Bertz CT molecular complexity index is 725. The fourth-order valence-electron chi connectivity index (χ4n) is 2.04. The molecule has 90 valence electrons. The molecule has 0 radical (unpaired) electrons. The average molecular weight is 351 g/mol. The zero-order valence-electron chi connectivity index (χ0n) is 9.49. The van der Waals surface area contributed by atoms with Gasteiger partial charge in [0, 0.05) is 24.2 Å². The molecule has 0 aliphatic heterocycles. The van der Waals surface area contributed by atoms with Crippen molar-refractivity contribution in [2.24, 2.45) is 0 Å². The van der Waals surface area contributed by atoms with Crippen LogP contribution in [0.15, 0.2) is 30.9 Å². The van der Waals surface area contributed by atoms with Gasteiger partial charge in [0.25, 0.3) is 0 Å². The van der Waals surface area contributed by atoms with E-state index < -0.39 is 0 Å². The van der Waals surface area contributed by atoms with Gasteiger partial charge in [0.1, 0.15) is 5.69 Å². The molecule has 1 fully saturated rings. The first-order valence-electron chi connectivity index (χ1n) is 5.86. The topological polar surface area (TPSA) is 48.0 Å². The second-order valence-electron chi connectivity index (χ2n) is 4.49. The van der Waals surface area contributed by atoms with E-state index in [1.807, 2.05) is 27.7 Å². The Kier molecular flexibility index (Phi) is 2.20. The molecule has 0 spiro atoms. The van der Waals surface area contributed by atoms with Gasteiger partial charge in [0.15, 0.2) is 5.65 Å². The number of hydrogen-bond donors (Lipinski definition) is 0. The largest absolute Gasteiger partial charge is 0.269 e. The van der Waals surface area contributed by atoms with E-state index in [1.54, 1.807) is 6.20 Å². The lowest BCUT2D eigenvalue weighted by atomic mass is 10.2. The summed E-state index contributed by atoms with van der Waals surface area (Å²) in [7, 11) is 0. The molecule has 0 bridgehead atoms. The first-order chi connectivity index (χ1) is 8.83. The minimum absolute atomic E-state index is 0.603. The SMILES string of the molecule is Ic1c(-c2cnn(C3CC3)c2)nn2cccnc12. The van der Waals surface area contributed by atoms with Crippen molar-refractivity contribution in [2.45, 2.75) is 18.9 Å². The fraction of sp³-hybridized carbons (Fsp3) is 0.250. The maximum Gasteiger partial charge on any atom is 0.169 e. The van der Waals surface area contributed by atoms with Crippen molar-refractivity contribution < 1.29 is 0 Å². The second kappa shape index (κ2) is 3.78. The number of nitrogens with zero attached hydrogens (tertiary/aromatic N) is 5. The summed E-state index contributed by atoms with van der Waals surface area (Å²) in [6.07, 6.45) is 10.2. The van der Waals surface area contributed by atoms with Gasteiger partial charge < -0.3 is 0 Å². The summed E-state index contributed by atoms with van der Waals surface area (Å²) in [5, 5.41) is 8.98. The van der Waals surface area contributed by atoms with Gasteiger partial charge in [0.2, 0.25) is 0 Å². The number of halogens is 1. The highest BCUT2D eigenvalue weighted by Gasteiger charge is 2.25. The Labute approximate surface area is 117 Å². The summed E-state index contributed by atoms with van der Waals surface area (Å²) in [5.74, 6) is 0. The van der Waals surface area contributed by atoms with E-state index in [0.29, 0.717) is 6.04 Å². The summed E-state index contributed by atoms with van der Waals surface area (Å²) in [4.78, 5) is 4.35. The molecule has 3 aromatic heterocycles. The van der Waals surface area contributed by atoms with Crippen molar-refractivity contribution in [2.75, 3.05) is 0 Å². The van der Waals surface area contributed by atoms with Crippen LogP contribution in [0.3, 0.4) is 0 Å². The smallest absolute Gasteiger partial charge is 0.169 e. The zero-order chi connectivity index (χ0) is 12.1. The predicted octanol–water partition coefficient (Wildman–Crippen LogP) is 2.53. The molecule has 0 unspecified atom stereocenters. The molecule has 18 heavy (non-hydrogen) atoms. The Morgan fingerprint density at radius 1 is 1.33 bits per heavy atom. The van der Waals surface area contributed by atoms with Gasteiger partial charge in [-0.25, -0.2) is 9.50 Å². The van der Waals surface area contributed by atoms with Crippen LogP contribution in [0, 0.1) is 3.57 Å². The van der Waals surface area contributed by atoms with Crippen LogP contribution >= 0.6 is 22.6 Å². The normalized spacial score (nSPS) is 15.4. The molecule has 1 aliphatic rings. The van der Waals surface area contributed by atoms with Crippen LogP contribution in [0.25, 0.3) is 16.9 Å². The van der Waals surface area contributed by atoms with Crippen molar-refractivity contribution in [3.05, 3.63) is 34.4 Å². The van der Waals surface area contributed by atoms with Gasteiger partial charge in [-0.15, -0.1) is 0 Å². The molecular weight excluding hydrogens is 341 g/mol. The van der Waals surface area contributed by atoms with Gasteiger partial charge in [-0.2, -0.15) is 10.2 Å². The lowest BCUT2D eigenvalue weighted by Gasteiger charge is -1.93. The summed E-state index contributed by atoms with van der Waals surface area (Å²) in [6.45, 7) is 0. The molecule has 0 atom stereocenters. The van der Waals surface area contributed by atoms with Gasteiger partial charge in [-0.05, 0) is 41.5 Å². The van der Waals surface area contributed by atoms with Crippen molar-refractivity contribution in [1.82, 2.24) is 24.4 Å². The van der Waals surface area contributed by atoms with E-state index in [1.165, 1.54) is 12.8 Å². The first-order valence-corrected chi connectivity index (χ1v) is 6.94. The van der Waals surface area contributed by atoms with Crippen LogP contribution in [0.1, 0.15) is 18.9 Å². The molecule has 5 nitrogen and oxygen atoms in total. The average Bonchev–Trinajstić information content (AvgIpc) is 3.04. The van der Waals surface area contributed by atoms with Crippen molar-refractivity contribution in [1.29, 1.82) is 0 Å². The number of rotatable bonds is 2. The minimum Gasteiger partial charge on any atom is -0.269 e. The molecule has 4 rings (SSSR count). The third-order valence-electron chi connectivity index (χ3n) is 3.14. The Balaban J connectivity index is 1.87. The molecule has 6 heteroatoms. The molecule has 3 heterocycles. The lowest BCUT2D eigenvalue weighted by Crippen LogP contribution is -1.92. The van der Waals surface area contributed by atoms with Crippen LogP contribution in [0.4, 0.5) is 0 Å². The van der Waals surface area contributed by atoms with Crippen molar-refractivity contribution in [3.8, 4) is 11.3 Å². The molecule has 3 aromatic rings. The Morgan fingerprint density at radius 2 is 2.22 bits per heavy atom. The van der Waals surface area contributed by atoms with Crippen LogP contribution in [-0.2, 0) is 0 Å². The highest BCUT2D eigenvalue weighted by molar-refractivity contribution is 14.1. The summed E-state index contributed by atoms with van der Waals surface area (Å²) in [6, 6.07) is 2.49. The maximum absolute atomic E-state index is 4.57. The van der Waals surface area contributed by atoms with Gasteiger partial charge >= 0.3 is 0 Å². The number of hydrogen-bond acceptors (Lipinski definition) is 3. The first kappa shape index (κ1) is 10.5. The van der Waals surface area contributed by atoms with E-state index in [2.05, 4.69) is 44.0 Å². The van der Waals surface area contributed by atoms with Gasteiger partial charge in [-0.1, -0.05) is 0 Å². The number of aromatic nitrogens is 5. The van der Waals surface area contributed by atoms with Gasteiger partial charge in [-0.3, -0.25) is 4.68 Å². The third kappa shape index (κ3) is 1.55. The van der Waals surface area contributed by atoms with E-state index in [9.17, 15) is 0 Å². The van der Waals surface area contributed by atoms with E-state index in [0.717, 1.165) is 20.5 Å². The molecule has 1 saturated carbocycles. The van der Waals surface area contributed by atoms with Crippen LogP contribution in [0.5, 0.6) is 0 Å². The summed E-state index contributed by atoms with van der Waals surface area (Å²) < 4.78 is 4.93. The lowest BCUT2D eigenvalue weighted by molar-refractivity contribution is 0.642.